The first-order chi connectivity index (χ1) is 13.1. The Hall–Kier alpha value is -3.74. The number of hydrogen-bond donors (Lipinski definition) is 1. The average molecular weight is 362 g/mol. The van der Waals surface area contributed by atoms with E-state index in [4.69, 9.17) is 4.74 Å². The van der Waals surface area contributed by atoms with Gasteiger partial charge in [-0.15, -0.1) is 0 Å². The second kappa shape index (κ2) is 8.57. The first kappa shape index (κ1) is 18.1. The number of hydrazone groups is 1. The molecule has 136 valence electrons. The molecule has 0 radical (unpaired) electrons. The number of anilines is 1. The first-order valence-corrected chi connectivity index (χ1v) is 8.30. The van der Waals surface area contributed by atoms with E-state index in [-0.39, 0.29) is 11.5 Å². The molecular formula is C20H18N4O3. The molecule has 0 fully saturated rings. The number of rotatable bonds is 7. The number of ether oxygens (including phenoxy) is 1. The lowest BCUT2D eigenvalue weighted by Crippen LogP contribution is -2.00. The molecule has 3 rings (SSSR count). The maximum atomic E-state index is 11.1. The van der Waals surface area contributed by atoms with Gasteiger partial charge in [-0.2, -0.15) is 5.10 Å². The highest BCUT2D eigenvalue weighted by Gasteiger charge is 2.14. The molecule has 1 N–H and O–H groups in total. The first-order valence-electron chi connectivity index (χ1n) is 8.30. The molecule has 0 aliphatic rings. The zero-order chi connectivity index (χ0) is 19.1. The fraction of sp³-hybridized carbons (Fsp3) is 0.100. The van der Waals surface area contributed by atoms with E-state index in [0.29, 0.717) is 18.1 Å². The van der Waals surface area contributed by atoms with Crippen molar-refractivity contribution < 1.29 is 9.66 Å². The van der Waals surface area contributed by atoms with Crippen LogP contribution < -0.4 is 10.2 Å². The van der Waals surface area contributed by atoms with Crippen molar-refractivity contribution in [3.8, 4) is 5.75 Å². The van der Waals surface area contributed by atoms with Crippen LogP contribution >= 0.6 is 0 Å². The van der Waals surface area contributed by atoms with Crippen LogP contribution in [0.2, 0.25) is 0 Å². The Morgan fingerprint density at radius 2 is 1.96 bits per heavy atom. The Kier molecular flexibility index (Phi) is 5.73. The van der Waals surface area contributed by atoms with Crippen molar-refractivity contribution >= 4 is 17.7 Å². The smallest absolute Gasteiger partial charge is 0.313 e. The highest BCUT2D eigenvalue weighted by molar-refractivity contribution is 5.81. The van der Waals surface area contributed by atoms with Crippen LogP contribution in [0.15, 0.2) is 71.8 Å². The summed E-state index contributed by atoms with van der Waals surface area (Å²) in [5.74, 6) is 0.815. The topological polar surface area (TPSA) is 89.7 Å². The van der Waals surface area contributed by atoms with Gasteiger partial charge in [-0.05, 0) is 36.2 Å². The Balaban J connectivity index is 1.66. The Morgan fingerprint density at radius 3 is 2.74 bits per heavy atom. The third-order valence-electron chi connectivity index (χ3n) is 3.70. The van der Waals surface area contributed by atoms with Crippen molar-refractivity contribution in [2.24, 2.45) is 5.10 Å². The molecule has 0 saturated carbocycles. The predicted molar refractivity (Wildman–Crippen MR) is 104 cm³/mol. The zero-order valence-electron chi connectivity index (χ0n) is 14.7. The molecule has 0 spiro atoms. The highest BCUT2D eigenvalue weighted by Crippen LogP contribution is 2.22. The van der Waals surface area contributed by atoms with Gasteiger partial charge in [0, 0.05) is 11.8 Å². The summed E-state index contributed by atoms with van der Waals surface area (Å²) in [6.45, 7) is 2.23. The molecule has 0 atom stereocenters. The number of hydrogen-bond acceptors (Lipinski definition) is 6. The second-order valence-corrected chi connectivity index (χ2v) is 5.79. The van der Waals surface area contributed by atoms with Crippen LogP contribution in [0, 0.1) is 17.0 Å². The average Bonchev–Trinajstić information content (AvgIpc) is 2.67. The summed E-state index contributed by atoms with van der Waals surface area (Å²) in [6.07, 6.45) is 1.56. The van der Waals surface area contributed by atoms with Crippen LogP contribution in [0.4, 0.5) is 11.5 Å². The molecule has 1 heterocycles. The van der Waals surface area contributed by atoms with Gasteiger partial charge in [-0.25, -0.2) is 4.98 Å². The van der Waals surface area contributed by atoms with Crippen LogP contribution in [-0.2, 0) is 6.61 Å². The largest absolute Gasteiger partial charge is 0.489 e. The van der Waals surface area contributed by atoms with E-state index in [1.807, 2.05) is 54.6 Å². The van der Waals surface area contributed by atoms with E-state index in [9.17, 15) is 10.1 Å². The highest BCUT2D eigenvalue weighted by atomic mass is 16.6. The number of aryl methyl sites for hydroxylation is 1. The molecule has 27 heavy (non-hydrogen) atoms. The predicted octanol–water partition coefficient (Wildman–Crippen LogP) is 4.32. The van der Waals surface area contributed by atoms with Crippen LogP contribution in [0.5, 0.6) is 5.75 Å². The molecule has 0 aliphatic heterocycles. The van der Waals surface area contributed by atoms with E-state index < -0.39 is 4.92 Å². The fourth-order valence-corrected chi connectivity index (χ4v) is 2.37. The maximum Gasteiger partial charge on any atom is 0.313 e. The summed E-state index contributed by atoms with van der Waals surface area (Å²) in [5, 5.41) is 15.1. The van der Waals surface area contributed by atoms with Crippen LogP contribution in [0.3, 0.4) is 0 Å². The quantitative estimate of drug-likeness (QED) is 0.384. The third-order valence-corrected chi connectivity index (χ3v) is 3.70. The lowest BCUT2D eigenvalue weighted by atomic mass is 10.2. The van der Waals surface area contributed by atoms with Crippen molar-refractivity contribution in [2.45, 2.75) is 13.5 Å². The summed E-state index contributed by atoms with van der Waals surface area (Å²) in [5.41, 5.74) is 5.05. The Labute approximate surface area is 156 Å². The summed E-state index contributed by atoms with van der Waals surface area (Å²) in [6, 6.07) is 20.3. The maximum absolute atomic E-state index is 11.1. The van der Waals surface area contributed by atoms with Gasteiger partial charge in [-0.3, -0.25) is 15.5 Å². The van der Waals surface area contributed by atoms with Crippen molar-refractivity contribution in [2.75, 3.05) is 5.43 Å². The SMILES string of the molecule is Cc1ccc([N+](=O)[O-])c(N/N=C\c2cccc(OCc3ccccc3)c2)n1. The number of pyridine rings is 1. The molecule has 0 aliphatic carbocycles. The summed E-state index contributed by atoms with van der Waals surface area (Å²) >= 11 is 0. The van der Waals surface area contributed by atoms with Gasteiger partial charge in [0.1, 0.15) is 12.4 Å². The van der Waals surface area contributed by atoms with Gasteiger partial charge >= 0.3 is 5.69 Å². The molecular weight excluding hydrogens is 344 g/mol. The van der Waals surface area contributed by atoms with Gasteiger partial charge in [-0.1, -0.05) is 42.5 Å². The van der Waals surface area contributed by atoms with E-state index in [2.05, 4.69) is 15.5 Å². The lowest BCUT2D eigenvalue weighted by molar-refractivity contribution is -0.384. The van der Waals surface area contributed by atoms with Crippen LogP contribution in [0.1, 0.15) is 16.8 Å². The molecule has 0 saturated heterocycles. The number of nitrogens with one attached hydrogen (secondary N) is 1. The van der Waals surface area contributed by atoms with E-state index >= 15 is 0 Å². The van der Waals surface area contributed by atoms with E-state index in [1.54, 1.807) is 19.2 Å². The number of aromatic nitrogens is 1. The minimum atomic E-state index is -0.498. The molecule has 7 nitrogen and oxygen atoms in total. The van der Waals surface area contributed by atoms with E-state index in [1.165, 1.54) is 6.07 Å². The van der Waals surface area contributed by atoms with Crippen LogP contribution in [0.25, 0.3) is 0 Å². The number of nitro groups is 1. The van der Waals surface area contributed by atoms with Crippen molar-refractivity contribution in [1.29, 1.82) is 0 Å². The van der Waals surface area contributed by atoms with Crippen molar-refractivity contribution in [3.63, 3.8) is 0 Å². The number of nitrogens with zero attached hydrogens (tertiary/aromatic N) is 3. The monoisotopic (exact) mass is 362 g/mol. The zero-order valence-corrected chi connectivity index (χ0v) is 14.7. The summed E-state index contributed by atoms with van der Waals surface area (Å²) in [4.78, 5) is 14.7. The minimum absolute atomic E-state index is 0.104. The molecule has 0 amide bonds. The lowest BCUT2D eigenvalue weighted by Gasteiger charge is -2.07. The molecule has 0 unspecified atom stereocenters. The van der Waals surface area contributed by atoms with Gasteiger partial charge in [0.25, 0.3) is 0 Å². The fourth-order valence-electron chi connectivity index (χ4n) is 2.37. The Morgan fingerprint density at radius 1 is 1.15 bits per heavy atom. The molecule has 7 heteroatoms. The molecule has 0 bridgehead atoms. The molecule has 3 aromatic rings. The van der Waals surface area contributed by atoms with Gasteiger partial charge < -0.3 is 4.74 Å². The van der Waals surface area contributed by atoms with Gasteiger partial charge in [0.15, 0.2) is 0 Å². The number of benzene rings is 2. The van der Waals surface area contributed by atoms with E-state index in [0.717, 1.165) is 11.1 Å². The summed E-state index contributed by atoms with van der Waals surface area (Å²) in [7, 11) is 0. The van der Waals surface area contributed by atoms with Crippen LogP contribution in [-0.4, -0.2) is 16.1 Å². The molecule has 2 aromatic carbocycles. The van der Waals surface area contributed by atoms with Gasteiger partial charge in [0.05, 0.1) is 11.1 Å². The second-order valence-electron chi connectivity index (χ2n) is 5.79. The molecule has 1 aromatic heterocycles. The summed E-state index contributed by atoms with van der Waals surface area (Å²) < 4.78 is 5.78. The van der Waals surface area contributed by atoms with Gasteiger partial charge in [0.2, 0.25) is 5.82 Å². The standard InChI is InChI=1S/C20H18N4O3/c1-15-10-11-19(24(25)26)20(22-15)23-21-13-17-8-5-9-18(12-17)27-14-16-6-3-2-4-7-16/h2-13H,14H2,1H3,(H,22,23)/b21-13-. The van der Waals surface area contributed by atoms with Crippen molar-refractivity contribution in [1.82, 2.24) is 4.98 Å². The van der Waals surface area contributed by atoms with Crippen molar-refractivity contribution in [3.05, 3.63) is 93.7 Å². The third kappa shape index (κ3) is 5.12. The minimum Gasteiger partial charge on any atom is -0.489 e. The normalized spacial score (nSPS) is 10.7. The Bertz CT molecular complexity index is 958.